The van der Waals surface area contributed by atoms with Gasteiger partial charge in [0.15, 0.2) is 0 Å². The largest absolute Gasteiger partial charge is 0.383 e. The van der Waals surface area contributed by atoms with Gasteiger partial charge in [-0.1, -0.05) is 0 Å². The molecule has 0 unspecified atom stereocenters. The molecule has 96 valence electrons. The summed E-state index contributed by atoms with van der Waals surface area (Å²) in [5.74, 6) is -0.0183. The van der Waals surface area contributed by atoms with Crippen molar-refractivity contribution in [3.8, 4) is 0 Å². The SMILES string of the molecule is COC(C)(C)CNS(=O)(=O)c1cccnc1N. The highest BCUT2D eigenvalue weighted by Crippen LogP contribution is 2.15. The Balaban J connectivity index is 2.88. The normalized spacial score (nSPS) is 12.6. The van der Waals surface area contributed by atoms with Crippen LogP contribution in [0.1, 0.15) is 13.8 Å². The second kappa shape index (κ2) is 4.99. The predicted molar refractivity (Wildman–Crippen MR) is 64.9 cm³/mol. The Morgan fingerprint density at radius 3 is 2.71 bits per heavy atom. The van der Waals surface area contributed by atoms with Gasteiger partial charge in [-0.25, -0.2) is 18.1 Å². The minimum atomic E-state index is -3.65. The molecular formula is C10H17N3O3S. The van der Waals surface area contributed by atoms with E-state index in [1.165, 1.54) is 25.4 Å². The second-order valence-electron chi connectivity index (χ2n) is 4.18. The number of nitrogens with one attached hydrogen (secondary N) is 1. The molecular weight excluding hydrogens is 242 g/mol. The Morgan fingerprint density at radius 2 is 2.18 bits per heavy atom. The number of hydrogen-bond donors (Lipinski definition) is 2. The Labute approximate surface area is 101 Å². The maximum absolute atomic E-state index is 11.9. The molecule has 0 aliphatic rings. The van der Waals surface area contributed by atoms with Crippen LogP contribution in [0.15, 0.2) is 23.2 Å². The maximum Gasteiger partial charge on any atom is 0.244 e. The molecule has 3 N–H and O–H groups in total. The summed E-state index contributed by atoms with van der Waals surface area (Å²) in [5, 5.41) is 0. The Morgan fingerprint density at radius 1 is 1.53 bits per heavy atom. The maximum atomic E-state index is 11.9. The standard InChI is InChI=1S/C10H17N3O3S/c1-10(2,16-3)7-13-17(14,15)8-5-4-6-12-9(8)11/h4-6,13H,7H2,1-3H3,(H2,11,12). The number of nitrogens with two attached hydrogens (primary N) is 1. The van der Waals surface area contributed by atoms with Gasteiger partial charge in [-0.15, -0.1) is 0 Å². The van der Waals surface area contributed by atoms with Gasteiger partial charge in [-0.3, -0.25) is 0 Å². The van der Waals surface area contributed by atoms with Crippen molar-refractivity contribution in [2.45, 2.75) is 24.3 Å². The molecule has 17 heavy (non-hydrogen) atoms. The summed E-state index contributed by atoms with van der Waals surface area (Å²) in [6, 6.07) is 2.93. The molecule has 0 radical (unpaired) electrons. The molecule has 1 aromatic heterocycles. The molecule has 1 heterocycles. The summed E-state index contributed by atoms with van der Waals surface area (Å²) in [7, 11) is -2.13. The third-order valence-corrected chi connectivity index (χ3v) is 3.78. The van der Waals surface area contributed by atoms with Crippen LogP contribution >= 0.6 is 0 Å². The average Bonchev–Trinajstić information content (AvgIpc) is 2.27. The topological polar surface area (TPSA) is 94.3 Å². The van der Waals surface area contributed by atoms with Crippen molar-refractivity contribution in [1.29, 1.82) is 0 Å². The van der Waals surface area contributed by atoms with E-state index in [0.717, 1.165) is 0 Å². The number of hydrogen-bond acceptors (Lipinski definition) is 5. The van der Waals surface area contributed by atoms with Gasteiger partial charge in [0, 0.05) is 19.9 Å². The van der Waals surface area contributed by atoms with E-state index < -0.39 is 15.6 Å². The fraction of sp³-hybridized carbons (Fsp3) is 0.500. The number of anilines is 1. The van der Waals surface area contributed by atoms with E-state index in [1.807, 2.05) is 0 Å². The van der Waals surface area contributed by atoms with Crippen LogP contribution in [0.3, 0.4) is 0 Å². The summed E-state index contributed by atoms with van der Waals surface area (Å²) in [4.78, 5) is 3.72. The van der Waals surface area contributed by atoms with Crippen LogP contribution in [0, 0.1) is 0 Å². The van der Waals surface area contributed by atoms with Crippen molar-refractivity contribution in [3.63, 3.8) is 0 Å². The lowest BCUT2D eigenvalue weighted by molar-refractivity contribution is 0.0276. The number of aromatic nitrogens is 1. The smallest absolute Gasteiger partial charge is 0.244 e. The number of pyridine rings is 1. The van der Waals surface area contributed by atoms with Crippen molar-refractivity contribution >= 4 is 15.8 Å². The number of sulfonamides is 1. The van der Waals surface area contributed by atoms with Gasteiger partial charge in [-0.2, -0.15) is 0 Å². The van der Waals surface area contributed by atoms with Gasteiger partial charge in [0.2, 0.25) is 10.0 Å². The monoisotopic (exact) mass is 259 g/mol. The van der Waals surface area contributed by atoms with E-state index >= 15 is 0 Å². The first-order valence-electron chi connectivity index (χ1n) is 5.04. The molecule has 6 nitrogen and oxygen atoms in total. The molecule has 0 saturated carbocycles. The minimum Gasteiger partial charge on any atom is -0.383 e. The van der Waals surface area contributed by atoms with Gasteiger partial charge in [0.1, 0.15) is 10.7 Å². The third kappa shape index (κ3) is 3.65. The fourth-order valence-corrected chi connectivity index (χ4v) is 2.33. The van der Waals surface area contributed by atoms with Gasteiger partial charge in [0.05, 0.1) is 5.60 Å². The quantitative estimate of drug-likeness (QED) is 0.796. The Bertz CT molecular complexity index is 485. The zero-order valence-corrected chi connectivity index (χ0v) is 10.9. The van der Waals surface area contributed by atoms with Crippen molar-refractivity contribution in [2.24, 2.45) is 0 Å². The van der Waals surface area contributed by atoms with Crippen LogP contribution in [-0.4, -0.2) is 32.7 Å². The molecule has 0 spiro atoms. The minimum absolute atomic E-state index is 0.0183. The number of nitrogen functional groups attached to an aromatic ring is 1. The van der Waals surface area contributed by atoms with Crippen LogP contribution in [0.5, 0.6) is 0 Å². The summed E-state index contributed by atoms with van der Waals surface area (Å²) < 4.78 is 31.4. The summed E-state index contributed by atoms with van der Waals surface area (Å²) in [6.07, 6.45) is 1.44. The lowest BCUT2D eigenvalue weighted by atomic mass is 10.1. The van der Waals surface area contributed by atoms with Crippen molar-refractivity contribution < 1.29 is 13.2 Å². The summed E-state index contributed by atoms with van der Waals surface area (Å²) in [5.41, 5.74) is 4.94. The van der Waals surface area contributed by atoms with Crippen LogP contribution in [0.4, 0.5) is 5.82 Å². The first kappa shape index (κ1) is 13.9. The van der Waals surface area contributed by atoms with Crippen molar-refractivity contribution in [1.82, 2.24) is 9.71 Å². The summed E-state index contributed by atoms with van der Waals surface area (Å²) >= 11 is 0. The van der Waals surface area contributed by atoms with Gasteiger partial charge >= 0.3 is 0 Å². The van der Waals surface area contributed by atoms with E-state index in [2.05, 4.69) is 9.71 Å². The molecule has 1 rings (SSSR count). The lowest BCUT2D eigenvalue weighted by Crippen LogP contribution is -2.39. The molecule has 7 heteroatoms. The molecule has 1 aromatic rings. The van der Waals surface area contributed by atoms with Gasteiger partial charge in [0.25, 0.3) is 0 Å². The zero-order valence-electron chi connectivity index (χ0n) is 10.1. The lowest BCUT2D eigenvalue weighted by Gasteiger charge is -2.23. The van der Waals surface area contributed by atoms with Crippen molar-refractivity contribution in [3.05, 3.63) is 18.3 Å². The average molecular weight is 259 g/mol. The van der Waals surface area contributed by atoms with Gasteiger partial charge < -0.3 is 10.5 Å². The van der Waals surface area contributed by atoms with Crippen LogP contribution in [-0.2, 0) is 14.8 Å². The molecule has 0 aromatic carbocycles. The van der Waals surface area contributed by atoms with Crippen LogP contribution in [0.25, 0.3) is 0 Å². The van der Waals surface area contributed by atoms with E-state index in [9.17, 15) is 8.42 Å². The highest BCUT2D eigenvalue weighted by molar-refractivity contribution is 7.89. The molecule has 0 bridgehead atoms. The number of rotatable bonds is 5. The fourth-order valence-electron chi connectivity index (χ4n) is 1.05. The van der Waals surface area contributed by atoms with E-state index in [1.54, 1.807) is 13.8 Å². The Kier molecular flexibility index (Phi) is 4.07. The van der Waals surface area contributed by atoms with Crippen molar-refractivity contribution in [2.75, 3.05) is 19.4 Å². The first-order valence-corrected chi connectivity index (χ1v) is 6.52. The molecule has 0 aliphatic heterocycles. The molecule has 0 atom stereocenters. The van der Waals surface area contributed by atoms with E-state index in [0.29, 0.717) is 0 Å². The highest BCUT2D eigenvalue weighted by Gasteiger charge is 2.23. The third-order valence-electron chi connectivity index (χ3n) is 2.33. The van der Waals surface area contributed by atoms with Crippen LogP contribution in [0.2, 0.25) is 0 Å². The molecule has 0 fully saturated rings. The molecule has 0 saturated heterocycles. The first-order chi connectivity index (χ1) is 7.78. The number of ether oxygens (including phenoxy) is 1. The molecule has 0 amide bonds. The van der Waals surface area contributed by atoms with E-state index in [4.69, 9.17) is 10.5 Å². The Hall–Kier alpha value is -1.18. The van der Waals surface area contributed by atoms with Crippen LogP contribution < -0.4 is 10.5 Å². The van der Waals surface area contributed by atoms with E-state index in [-0.39, 0.29) is 17.3 Å². The summed E-state index contributed by atoms with van der Waals surface area (Å²) in [6.45, 7) is 3.71. The second-order valence-corrected chi connectivity index (χ2v) is 5.91. The molecule has 0 aliphatic carbocycles. The van der Waals surface area contributed by atoms with Gasteiger partial charge in [-0.05, 0) is 26.0 Å². The predicted octanol–water partition coefficient (Wildman–Crippen LogP) is 0.367. The zero-order chi connectivity index (χ0) is 13.1. The number of methoxy groups -OCH3 is 1. The number of nitrogens with zero attached hydrogens (tertiary/aromatic N) is 1. The highest BCUT2D eigenvalue weighted by atomic mass is 32.2.